The lowest BCUT2D eigenvalue weighted by Gasteiger charge is -2.23. The molecule has 17 heavy (non-hydrogen) atoms. The van der Waals surface area contributed by atoms with Crippen molar-refractivity contribution >= 4 is 12.0 Å². The molecule has 0 saturated carbocycles. The number of furan rings is 1. The van der Waals surface area contributed by atoms with Gasteiger partial charge in [0.05, 0.1) is 18.7 Å². The van der Waals surface area contributed by atoms with Crippen LogP contribution in [0.2, 0.25) is 0 Å². The number of rotatable bonds is 5. The van der Waals surface area contributed by atoms with Crippen LogP contribution < -0.4 is 5.32 Å². The van der Waals surface area contributed by atoms with Gasteiger partial charge >= 0.3 is 12.0 Å². The van der Waals surface area contributed by atoms with Crippen molar-refractivity contribution in [1.82, 2.24) is 10.2 Å². The fraction of sp³-hybridized carbons (Fsp3) is 0.455. The highest BCUT2D eigenvalue weighted by Gasteiger charge is 2.18. The van der Waals surface area contributed by atoms with Gasteiger partial charge in [0.25, 0.3) is 0 Å². The minimum atomic E-state index is -0.938. The minimum absolute atomic E-state index is 0.0886. The van der Waals surface area contributed by atoms with E-state index in [2.05, 4.69) is 5.32 Å². The molecule has 0 spiro atoms. The lowest BCUT2D eigenvalue weighted by Crippen LogP contribution is -2.39. The fourth-order valence-electron chi connectivity index (χ4n) is 1.30. The first-order valence-electron chi connectivity index (χ1n) is 5.28. The van der Waals surface area contributed by atoms with Gasteiger partial charge in [0, 0.05) is 13.6 Å². The van der Waals surface area contributed by atoms with E-state index in [1.165, 1.54) is 4.90 Å². The van der Waals surface area contributed by atoms with E-state index >= 15 is 0 Å². The number of urea groups is 1. The standard InChI is InChI=1S/C11H16N2O4/c1-8(9-4-3-7-17-9)13(2)11(16)12-6-5-10(14)15/h3-4,7-8H,5-6H2,1-2H3,(H,12,16)(H,14,15). The van der Waals surface area contributed by atoms with Crippen LogP contribution in [-0.4, -0.2) is 35.6 Å². The summed E-state index contributed by atoms with van der Waals surface area (Å²) in [5, 5.41) is 11.0. The predicted octanol–water partition coefficient (Wildman–Crippen LogP) is 1.46. The molecular weight excluding hydrogens is 224 g/mol. The number of amides is 2. The number of nitrogens with one attached hydrogen (secondary N) is 1. The van der Waals surface area contributed by atoms with Crippen molar-refractivity contribution < 1.29 is 19.1 Å². The number of carboxylic acids is 1. The summed E-state index contributed by atoms with van der Waals surface area (Å²) in [6.45, 7) is 1.94. The van der Waals surface area contributed by atoms with Crippen molar-refractivity contribution in [1.29, 1.82) is 0 Å². The van der Waals surface area contributed by atoms with E-state index in [0.717, 1.165) is 0 Å². The molecule has 1 rings (SSSR count). The van der Waals surface area contributed by atoms with E-state index in [1.54, 1.807) is 25.4 Å². The third-order valence-electron chi connectivity index (χ3n) is 2.47. The number of carboxylic acid groups (broad SMARTS) is 1. The molecule has 0 aliphatic carbocycles. The second kappa shape index (κ2) is 5.93. The molecule has 0 aliphatic rings. The Morgan fingerprint density at radius 1 is 1.59 bits per heavy atom. The van der Waals surface area contributed by atoms with Crippen LogP contribution in [0, 0.1) is 0 Å². The third kappa shape index (κ3) is 3.82. The fourth-order valence-corrected chi connectivity index (χ4v) is 1.30. The molecule has 0 radical (unpaired) electrons. The molecule has 2 amide bonds. The molecule has 1 unspecified atom stereocenters. The lowest BCUT2D eigenvalue weighted by molar-refractivity contribution is -0.136. The van der Waals surface area contributed by atoms with Crippen LogP contribution >= 0.6 is 0 Å². The minimum Gasteiger partial charge on any atom is -0.481 e. The van der Waals surface area contributed by atoms with Gasteiger partial charge in [-0.2, -0.15) is 0 Å². The topological polar surface area (TPSA) is 82.8 Å². The lowest BCUT2D eigenvalue weighted by atomic mass is 10.2. The van der Waals surface area contributed by atoms with Gasteiger partial charge < -0.3 is 19.7 Å². The molecule has 1 aromatic rings. The van der Waals surface area contributed by atoms with Gasteiger partial charge in [-0.3, -0.25) is 4.79 Å². The summed E-state index contributed by atoms with van der Waals surface area (Å²) >= 11 is 0. The Kier molecular flexibility index (Phi) is 4.56. The summed E-state index contributed by atoms with van der Waals surface area (Å²) in [6, 6.07) is 3.01. The highest BCUT2D eigenvalue weighted by atomic mass is 16.4. The number of carbonyl (C=O) groups is 2. The molecule has 2 N–H and O–H groups in total. The second-order valence-electron chi connectivity index (χ2n) is 3.68. The smallest absolute Gasteiger partial charge is 0.317 e. The van der Waals surface area contributed by atoms with E-state index in [-0.39, 0.29) is 25.0 Å². The van der Waals surface area contributed by atoms with Crippen molar-refractivity contribution in [3.05, 3.63) is 24.2 Å². The molecular formula is C11H16N2O4. The predicted molar refractivity (Wildman–Crippen MR) is 60.5 cm³/mol. The molecule has 6 heteroatoms. The number of carbonyl (C=O) groups excluding carboxylic acids is 1. The Morgan fingerprint density at radius 2 is 2.29 bits per heavy atom. The van der Waals surface area contributed by atoms with Gasteiger partial charge in [0.1, 0.15) is 5.76 Å². The van der Waals surface area contributed by atoms with Gasteiger partial charge in [0.15, 0.2) is 0 Å². The summed E-state index contributed by atoms with van der Waals surface area (Å²) in [5.74, 6) is -0.257. The molecule has 0 aromatic carbocycles. The highest BCUT2D eigenvalue weighted by molar-refractivity contribution is 5.75. The van der Waals surface area contributed by atoms with Crippen molar-refractivity contribution in [3.63, 3.8) is 0 Å². The third-order valence-corrected chi connectivity index (χ3v) is 2.47. The highest BCUT2D eigenvalue weighted by Crippen LogP contribution is 2.18. The molecule has 1 aromatic heterocycles. The largest absolute Gasteiger partial charge is 0.481 e. The van der Waals surface area contributed by atoms with Crippen LogP contribution in [-0.2, 0) is 4.79 Å². The molecule has 94 valence electrons. The van der Waals surface area contributed by atoms with Crippen molar-refractivity contribution in [2.24, 2.45) is 0 Å². The summed E-state index contributed by atoms with van der Waals surface area (Å²) in [6.07, 6.45) is 1.46. The monoisotopic (exact) mass is 240 g/mol. The van der Waals surface area contributed by atoms with Crippen LogP contribution in [0.4, 0.5) is 4.79 Å². The number of aliphatic carboxylic acids is 1. The second-order valence-corrected chi connectivity index (χ2v) is 3.68. The van der Waals surface area contributed by atoms with Crippen molar-refractivity contribution in [3.8, 4) is 0 Å². The first-order chi connectivity index (χ1) is 8.02. The zero-order chi connectivity index (χ0) is 12.8. The molecule has 0 aliphatic heterocycles. The molecule has 1 atom stereocenters. The Labute approximate surface area is 99.2 Å². The van der Waals surface area contributed by atoms with Crippen LogP contribution in [0.25, 0.3) is 0 Å². The molecule has 1 heterocycles. The summed E-state index contributed by atoms with van der Waals surface area (Å²) < 4.78 is 5.19. The quantitative estimate of drug-likeness (QED) is 0.816. The molecule has 0 saturated heterocycles. The number of nitrogens with zero attached hydrogens (tertiary/aromatic N) is 1. The van der Waals surface area contributed by atoms with Crippen LogP contribution in [0.5, 0.6) is 0 Å². The van der Waals surface area contributed by atoms with E-state index < -0.39 is 5.97 Å². The Bertz CT molecular complexity index is 375. The van der Waals surface area contributed by atoms with Gasteiger partial charge in [-0.25, -0.2) is 4.79 Å². The van der Waals surface area contributed by atoms with Gasteiger partial charge in [-0.05, 0) is 19.1 Å². The van der Waals surface area contributed by atoms with E-state index in [0.29, 0.717) is 5.76 Å². The van der Waals surface area contributed by atoms with Crippen molar-refractivity contribution in [2.45, 2.75) is 19.4 Å². The SMILES string of the molecule is CC(c1ccco1)N(C)C(=O)NCCC(=O)O. The zero-order valence-electron chi connectivity index (χ0n) is 9.84. The van der Waals surface area contributed by atoms with Gasteiger partial charge in [-0.1, -0.05) is 0 Å². The maximum atomic E-state index is 11.6. The van der Waals surface area contributed by atoms with E-state index in [9.17, 15) is 9.59 Å². The summed E-state index contributed by atoms with van der Waals surface area (Å²) in [4.78, 5) is 23.4. The van der Waals surface area contributed by atoms with Crippen LogP contribution in [0.1, 0.15) is 25.1 Å². The van der Waals surface area contributed by atoms with E-state index in [4.69, 9.17) is 9.52 Å². The summed E-state index contributed by atoms with van der Waals surface area (Å²) in [5.41, 5.74) is 0. The van der Waals surface area contributed by atoms with Crippen LogP contribution in [0.15, 0.2) is 22.8 Å². The van der Waals surface area contributed by atoms with Gasteiger partial charge in [0.2, 0.25) is 0 Å². The maximum Gasteiger partial charge on any atom is 0.317 e. The Morgan fingerprint density at radius 3 is 2.82 bits per heavy atom. The first kappa shape index (κ1) is 13.1. The summed E-state index contributed by atoms with van der Waals surface area (Å²) in [7, 11) is 1.63. The van der Waals surface area contributed by atoms with Gasteiger partial charge in [-0.15, -0.1) is 0 Å². The zero-order valence-corrected chi connectivity index (χ0v) is 9.84. The maximum absolute atomic E-state index is 11.6. The van der Waals surface area contributed by atoms with Crippen molar-refractivity contribution in [2.75, 3.05) is 13.6 Å². The number of hydrogen-bond acceptors (Lipinski definition) is 3. The first-order valence-corrected chi connectivity index (χ1v) is 5.28. The van der Waals surface area contributed by atoms with Crippen LogP contribution in [0.3, 0.4) is 0 Å². The van der Waals surface area contributed by atoms with E-state index in [1.807, 2.05) is 6.92 Å². The normalized spacial score (nSPS) is 11.9. The Balaban J connectivity index is 2.43. The Hall–Kier alpha value is -1.98. The molecule has 6 nitrogen and oxygen atoms in total. The molecule has 0 fully saturated rings. The molecule has 0 bridgehead atoms. The number of hydrogen-bond donors (Lipinski definition) is 2. The average Bonchev–Trinajstić information content (AvgIpc) is 2.79. The average molecular weight is 240 g/mol.